The van der Waals surface area contributed by atoms with Crippen LogP contribution in [0.5, 0.6) is 0 Å². The first-order valence-corrected chi connectivity index (χ1v) is 4.95. The molecule has 5 nitrogen and oxygen atoms in total. The van der Waals surface area contributed by atoms with Gasteiger partial charge in [0.15, 0.2) is 5.82 Å². The molecule has 1 saturated heterocycles. The minimum absolute atomic E-state index is 0.524. The second kappa shape index (κ2) is 4.52. The number of hydrogen-bond acceptors (Lipinski definition) is 5. The van der Waals surface area contributed by atoms with Gasteiger partial charge < -0.3 is 14.6 Å². The Bertz CT molecular complexity index is 281. The van der Waals surface area contributed by atoms with Crippen molar-refractivity contribution in [3.63, 3.8) is 0 Å². The molecule has 0 aliphatic carbocycles. The van der Waals surface area contributed by atoms with Crippen molar-refractivity contribution in [2.45, 2.75) is 32.4 Å². The molecule has 0 radical (unpaired) electrons. The summed E-state index contributed by atoms with van der Waals surface area (Å²) in [5, 5.41) is 7.10. The molecule has 1 aliphatic heterocycles. The van der Waals surface area contributed by atoms with Crippen LogP contribution in [0.15, 0.2) is 4.52 Å². The molecule has 1 N–H and O–H groups in total. The van der Waals surface area contributed by atoms with Crippen LogP contribution in [-0.4, -0.2) is 29.4 Å². The Balaban J connectivity index is 1.76. The highest BCUT2D eigenvalue weighted by Gasteiger charge is 2.13. The van der Waals surface area contributed by atoms with Gasteiger partial charge in [0.1, 0.15) is 0 Å². The van der Waals surface area contributed by atoms with E-state index < -0.39 is 0 Å². The lowest BCUT2D eigenvalue weighted by Gasteiger charge is -2.22. The number of aromatic nitrogens is 2. The largest absolute Gasteiger partial charge is 0.381 e. The van der Waals surface area contributed by atoms with Crippen LogP contribution in [0.1, 0.15) is 24.6 Å². The minimum Gasteiger partial charge on any atom is -0.381 e. The van der Waals surface area contributed by atoms with E-state index in [9.17, 15) is 0 Å². The summed E-state index contributed by atoms with van der Waals surface area (Å²) in [6.07, 6.45) is 2.13. The molecule has 0 saturated carbocycles. The van der Waals surface area contributed by atoms with E-state index in [4.69, 9.17) is 9.26 Å². The van der Waals surface area contributed by atoms with E-state index in [0.29, 0.717) is 24.3 Å². The molecule has 2 rings (SSSR count). The molecule has 5 heteroatoms. The molecule has 0 unspecified atom stereocenters. The zero-order chi connectivity index (χ0) is 9.80. The Kier molecular flexibility index (Phi) is 3.10. The number of nitrogens with one attached hydrogen (secondary N) is 1. The second-order valence-electron chi connectivity index (χ2n) is 3.50. The van der Waals surface area contributed by atoms with Gasteiger partial charge in [-0.1, -0.05) is 5.16 Å². The fraction of sp³-hybridized carbons (Fsp3) is 0.778. The molecular formula is C9H15N3O2. The monoisotopic (exact) mass is 197 g/mol. The third-order valence-electron chi connectivity index (χ3n) is 2.33. The smallest absolute Gasteiger partial charge is 0.240 e. The van der Waals surface area contributed by atoms with Crippen molar-refractivity contribution in [2.24, 2.45) is 0 Å². The maximum atomic E-state index is 5.26. The van der Waals surface area contributed by atoms with E-state index >= 15 is 0 Å². The van der Waals surface area contributed by atoms with Crippen molar-refractivity contribution < 1.29 is 9.26 Å². The SMILES string of the molecule is Cc1noc(CNC2CCOCC2)n1. The Labute approximate surface area is 82.8 Å². The van der Waals surface area contributed by atoms with Crippen molar-refractivity contribution in [1.82, 2.24) is 15.5 Å². The molecular weight excluding hydrogens is 182 g/mol. The van der Waals surface area contributed by atoms with Crippen LogP contribution >= 0.6 is 0 Å². The summed E-state index contributed by atoms with van der Waals surface area (Å²) in [6, 6.07) is 0.524. The molecule has 0 spiro atoms. The van der Waals surface area contributed by atoms with E-state index in [1.807, 2.05) is 6.92 Å². The average Bonchev–Trinajstić information content (AvgIpc) is 2.63. The lowest BCUT2D eigenvalue weighted by molar-refractivity contribution is 0.0768. The van der Waals surface area contributed by atoms with Crippen molar-refractivity contribution in [3.05, 3.63) is 11.7 Å². The zero-order valence-electron chi connectivity index (χ0n) is 8.32. The summed E-state index contributed by atoms with van der Waals surface area (Å²) in [7, 11) is 0. The third kappa shape index (κ3) is 2.52. The fourth-order valence-electron chi connectivity index (χ4n) is 1.55. The molecule has 1 aromatic heterocycles. The molecule has 0 atom stereocenters. The Morgan fingerprint density at radius 3 is 2.86 bits per heavy atom. The highest BCUT2D eigenvalue weighted by Crippen LogP contribution is 2.07. The number of aryl methyl sites for hydroxylation is 1. The van der Waals surface area contributed by atoms with Crippen LogP contribution in [0.2, 0.25) is 0 Å². The number of rotatable bonds is 3. The van der Waals surface area contributed by atoms with Crippen molar-refractivity contribution >= 4 is 0 Å². The van der Waals surface area contributed by atoms with E-state index in [-0.39, 0.29) is 0 Å². The van der Waals surface area contributed by atoms with E-state index in [1.54, 1.807) is 0 Å². The summed E-state index contributed by atoms with van der Waals surface area (Å²) in [5.41, 5.74) is 0. The van der Waals surface area contributed by atoms with Crippen molar-refractivity contribution in [2.75, 3.05) is 13.2 Å². The summed E-state index contributed by atoms with van der Waals surface area (Å²) < 4.78 is 10.3. The van der Waals surface area contributed by atoms with Gasteiger partial charge in [-0.15, -0.1) is 0 Å². The van der Waals surface area contributed by atoms with Gasteiger partial charge in [-0.2, -0.15) is 4.98 Å². The summed E-state index contributed by atoms with van der Waals surface area (Å²) in [6.45, 7) is 4.17. The summed E-state index contributed by atoms with van der Waals surface area (Å²) >= 11 is 0. The zero-order valence-corrected chi connectivity index (χ0v) is 8.32. The van der Waals surface area contributed by atoms with Crippen LogP contribution in [0, 0.1) is 6.92 Å². The van der Waals surface area contributed by atoms with Gasteiger partial charge in [0.2, 0.25) is 5.89 Å². The first kappa shape index (κ1) is 9.61. The number of ether oxygens (including phenoxy) is 1. The lowest BCUT2D eigenvalue weighted by atomic mass is 10.1. The van der Waals surface area contributed by atoms with E-state index in [2.05, 4.69) is 15.5 Å². The highest BCUT2D eigenvalue weighted by atomic mass is 16.5. The molecule has 0 bridgehead atoms. The van der Waals surface area contributed by atoms with Gasteiger partial charge in [-0.05, 0) is 19.8 Å². The Morgan fingerprint density at radius 2 is 2.21 bits per heavy atom. The standard InChI is InChI=1S/C9H15N3O2/c1-7-11-9(14-12-7)6-10-8-2-4-13-5-3-8/h8,10H,2-6H2,1H3. The lowest BCUT2D eigenvalue weighted by Crippen LogP contribution is -2.34. The van der Waals surface area contributed by atoms with Gasteiger partial charge in [0, 0.05) is 19.3 Å². The predicted octanol–water partition coefficient (Wildman–Crippen LogP) is 0.647. The minimum atomic E-state index is 0.524. The molecule has 1 aromatic rings. The van der Waals surface area contributed by atoms with Gasteiger partial charge in [-0.25, -0.2) is 0 Å². The maximum absolute atomic E-state index is 5.26. The molecule has 0 aromatic carbocycles. The van der Waals surface area contributed by atoms with Crippen molar-refractivity contribution in [1.29, 1.82) is 0 Å². The normalized spacial score (nSPS) is 18.6. The Hall–Kier alpha value is -0.940. The third-order valence-corrected chi connectivity index (χ3v) is 2.33. The maximum Gasteiger partial charge on any atom is 0.240 e. The van der Waals surface area contributed by atoms with Gasteiger partial charge in [-0.3, -0.25) is 0 Å². The molecule has 14 heavy (non-hydrogen) atoms. The van der Waals surface area contributed by atoms with Crippen LogP contribution in [0.25, 0.3) is 0 Å². The van der Waals surface area contributed by atoms with Gasteiger partial charge in [0.05, 0.1) is 6.54 Å². The second-order valence-corrected chi connectivity index (χ2v) is 3.50. The molecule has 2 heterocycles. The first-order chi connectivity index (χ1) is 6.84. The quantitative estimate of drug-likeness (QED) is 0.770. The number of hydrogen-bond donors (Lipinski definition) is 1. The van der Waals surface area contributed by atoms with Crippen LogP contribution in [0.4, 0.5) is 0 Å². The molecule has 78 valence electrons. The van der Waals surface area contributed by atoms with Crippen LogP contribution in [0.3, 0.4) is 0 Å². The fourth-order valence-corrected chi connectivity index (χ4v) is 1.55. The first-order valence-electron chi connectivity index (χ1n) is 4.95. The van der Waals surface area contributed by atoms with Crippen molar-refractivity contribution in [3.8, 4) is 0 Å². The van der Waals surface area contributed by atoms with E-state index in [0.717, 1.165) is 26.1 Å². The highest BCUT2D eigenvalue weighted by molar-refractivity contribution is 4.83. The summed E-state index contributed by atoms with van der Waals surface area (Å²) in [4.78, 5) is 4.12. The van der Waals surface area contributed by atoms with E-state index in [1.165, 1.54) is 0 Å². The van der Waals surface area contributed by atoms with Gasteiger partial charge in [0.25, 0.3) is 0 Å². The topological polar surface area (TPSA) is 60.2 Å². The molecule has 1 aliphatic rings. The molecule has 0 amide bonds. The predicted molar refractivity (Wildman–Crippen MR) is 49.7 cm³/mol. The molecule has 1 fully saturated rings. The average molecular weight is 197 g/mol. The van der Waals surface area contributed by atoms with Gasteiger partial charge >= 0.3 is 0 Å². The Morgan fingerprint density at radius 1 is 1.43 bits per heavy atom. The van der Waals surface area contributed by atoms with Crippen LogP contribution in [-0.2, 0) is 11.3 Å². The van der Waals surface area contributed by atoms with Crippen LogP contribution < -0.4 is 5.32 Å². The summed E-state index contributed by atoms with van der Waals surface area (Å²) in [5.74, 6) is 1.35. The number of nitrogens with zero attached hydrogens (tertiary/aromatic N) is 2.